The van der Waals surface area contributed by atoms with Crippen molar-refractivity contribution in [1.82, 2.24) is 0 Å². The van der Waals surface area contributed by atoms with E-state index in [4.69, 9.17) is 0 Å². The van der Waals surface area contributed by atoms with Gasteiger partial charge >= 0.3 is 0 Å². The lowest BCUT2D eigenvalue weighted by molar-refractivity contribution is 0.960. The van der Waals surface area contributed by atoms with E-state index in [1.165, 1.54) is 69.7 Å². The van der Waals surface area contributed by atoms with Crippen molar-refractivity contribution in [2.75, 3.05) is 19.6 Å². The number of hydrogen-bond acceptors (Lipinski definition) is 6. The van der Waals surface area contributed by atoms with Gasteiger partial charge in [-0.3, -0.25) is 0 Å². The predicted molar refractivity (Wildman–Crippen MR) is 317 cm³/mol. The summed E-state index contributed by atoms with van der Waals surface area (Å²) in [5.74, 6) is 0.241. The van der Waals surface area contributed by atoms with Crippen molar-refractivity contribution < 1.29 is 0 Å². The van der Waals surface area contributed by atoms with E-state index in [1.54, 1.807) is 0 Å². The Hall–Kier alpha value is -8.29. The largest absolute Gasteiger partial charge is 0.311 e. The van der Waals surface area contributed by atoms with Crippen LogP contribution in [-0.4, -0.2) is 13.4 Å². The molecular formula is C66H46B2N4S2. The maximum Gasteiger partial charge on any atom is 0.245 e. The minimum absolute atomic E-state index is 0.0827. The highest BCUT2D eigenvalue weighted by atomic mass is 32.2. The number of hydrogen-bond donors (Lipinski definition) is 0. The number of para-hydroxylation sites is 8. The number of thioether (sulfide) groups is 2. The molecule has 4 heterocycles. The van der Waals surface area contributed by atoms with Crippen LogP contribution in [0.2, 0.25) is 5.82 Å². The maximum atomic E-state index is 2.61. The molecule has 1 unspecified atom stereocenters. The minimum Gasteiger partial charge on any atom is -0.311 e. The Labute approximate surface area is 442 Å². The van der Waals surface area contributed by atoms with Crippen LogP contribution in [0.3, 0.4) is 0 Å². The number of fused-ring (bicyclic) bond motifs is 7. The predicted octanol–water partition coefficient (Wildman–Crippen LogP) is 15.8. The fourth-order valence-corrected chi connectivity index (χ4v) is 15.2. The third-order valence-corrected chi connectivity index (χ3v) is 17.9. The molecule has 348 valence electrons. The summed E-state index contributed by atoms with van der Waals surface area (Å²) in [6, 6.07) is 93.7. The van der Waals surface area contributed by atoms with Crippen molar-refractivity contribution in [2.45, 2.75) is 22.0 Å². The Morgan fingerprint density at radius 3 is 1.28 bits per heavy atom. The van der Waals surface area contributed by atoms with Crippen LogP contribution in [0, 0.1) is 0 Å². The van der Waals surface area contributed by atoms with Crippen molar-refractivity contribution in [3.8, 4) is 0 Å². The zero-order chi connectivity index (χ0) is 48.7. The molecule has 4 nitrogen and oxygen atoms in total. The van der Waals surface area contributed by atoms with Gasteiger partial charge in [-0.2, -0.15) is 0 Å². The van der Waals surface area contributed by atoms with Crippen molar-refractivity contribution in [1.29, 1.82) is 0 Å². The molecule has 0 N–H and O–H groups in total. The number of nitrogens with zero attached hydrogens (tertiary/aromatic N) is 4. The summed E-state index contributed by atoms with van der Waals surface area (Å²) < 4.78 is 0. The molecule has 0 radical (unpaired) electrons. The summed E-state index contributed by atoms with van der Waals surface area (Å²) >= 11 is 3.97. The van der Waals surface area contributed by atoms with Gasteiger partial charge in [-0.15, -0.1) is 0 Å². The van der Waals surface area contributed by atoms with Crippen LogP contribution in [-0.2, 0) is 0 Å². The average molecular weight is 981 g/mol. The number of benzene rings is 10. The Morgan fingerprint density at radius 1 is 0.378 bits per heavy atom. The van der Waals surface area contributed by atoms with Crippen LogP contribution in [0.25, 0.3) is 0 Å². The van der Waals surface area contributed by atoms with Gasteiger partial charge < -0.3 is 19.6 Å². The van der Waals surface area contributed by atoms with Gasteiger partial charge in [0.1, 0.15) is 0 Å². The molecular weight excluding hydrogens is 935 g/mol. The Bertz CT molecular complexity index is 3780. The van der Waals surface area contributed by atoms with E-state index >= 15 is 0 Å². The Morgan fingerprint density at radius 2 is 0.784 bits per heavy atom. The highest BCUT2D eigenvalue weighted by Crippen LogP contribution is 2.57. The van der Waals surface area contributed by atoms with E-state index in [9.17, 15) is 0 Å². The van der Waals surface area contributed by atoms with Gasteiger partial charge in [0.25, 0.3) is 0 Å². The molecule has 0 saturated carbocycles. The van der Waals surface area contributed by atoms with Gasteiger partial charge in [0.15, 0.2) is 0 Å². The monoisotopic (exact) mass is 980 g/mol. The third-order valence-electron chi connectivity index (χ3n) is 15.5. The van der Waals surface area contributed by atoms with Crippen molar-refractivity contribution >= 4 is 127 Å². The SMILES string of the molecule is C1=C2Sc3cc(N(c4ccccc4)c4ccccc4)cc4c3B(c3ccccc3N4c3ccccc3)C2CC2=C1Sc1cc(N(c3ccccc3)c3ccccc3)cc3c1B2c1ccccc1N3c1ccccc1. The molecule has 0 bridgehead atoms. The number of anilines is 12. The summed E-state index contributed by atoms with van der Waals surface area (Å²) in [4.78, 5) is 15.3. The molecule has 10 aromatic rings. The first-order valence-electron chi connectivity index (χ1n) is 25.6. The average Bonchev–Trinajstić information content (AvgIpc) is 3.51. The molecule has 10 aromatic carbocycles. The van der Waals surface area contributed by atoms with E-state index in [2.05, 4.69) is 280 Å². The molecule has 1 atom stereocenters. The molecule has 4 aliphatic heterocycles. The molecule has 15 rings (SSSR count). The molecule has 1 aliphatic carbocycles. The van der Waals surface area contributed by atoms with E-state index in [-0.39, 0.29) is 19.2 Å². The highest BCUT2D eigenvalue weighted by Gasteiger charge is 2.50. The second-order valence-electron chi connectivity index (χ2n) is 19.6. The van der Waals surface area contributed by atoms with Gasteiger partial charge in [-0.1, -0.05) is 175 Å². The standard InChI is InChI=1S/C66H46B2N4S2/c1-7-23-45(24-8-1)69(46-25-9-2-10-26-46)51-39-59-65-63(41-51)73-61-44-62-56(43-55(61)67(65)53-35-19-21-37-57(53)71(59)49-31-15-5-16-32-49)68-54-36-20-22-38-58(54)72(50-33-17-6-18-34-50)60-40-52(42-64(74-62)66(60)68)70(47-27-11-3-12-28-47)48-29-13-4-14-30-48/h1-42,44,55H,43H2. The fraction of sp³-hybridized carbons (Fsp3) is 0.0303. The molecule has 74 heavy (non-hydrogen) atoms. The minimum atomic E-state index is 0.0827. The summed E-state index contributed by atoms with van der Waals surface area (Å²) in [5, 5.41) is 0. The van der Waals surface area contributed by atoms with E-state index < -0.39 is 0 Å². The highest BCUT2D eigenvalue weighted by molar-refractivity contribution is 8.05. The second-order valence-corrected chi connectivity index (χ2v) is 21.8. The molecule has 0 spiro atoms. The maximum absolute atomic E-state index is 2.61. The first-order chi connectivity index (χ1) is 36.7. The summed E-state index contributed by atoms with van der Waals surface area (Å²) in [6.45, 7) is 0.228. The smallest absolute Gasteiger partial charge is 0.245 e. The molecule has 5 aliphatic rings. The molecule has 0 aromatic heterocycles. The first kappa shape index (κ1) is 43.3. The van der Waals surface area contributed by atoms with Crippen LogP contribution in [0.4, 0.5) is 68.2 Å². The second kappa shape index (κ2) is 17.7. The zero-order valence-electron chi connectivity index (χ0n) is 40.4. The molecule has 0 saturated heterocycles. The third kappa shape index (κ3) is 6.96. The lowest BCUT2D eigenvalue weighted by Gasteiger charge is -2.47. The summed E-state index contributed by atoms with van der Waals surface area (Å²) in [6.07, 6.45) is 3.57. The van der Waals surface area contributed by atoms with E-state index in [1.807, 2.05) is 23.5 Å². The van der Waals surface area contributed by atoms with Gasteiger partial charge in [-0.25, -0.2) is 0 Å². The van der Waals surface area contributed by atoms with Gasteiger partial charge in [0.05, 0.1) is 0 Å². The summed E-state index contributed by atoms with van der Waals surface area (Å²) in [5.41, 5.74) is 21.2. The van der Waals surface area contributed by atoms with Crippen molar-refractivity contribution in [2.24, 2.45) is 0 Å². The lowest BCUT2D eigenvalue weighted by atomic mass is 9.27. The normalized spacial score (nSPS) is 15.5. The fourth-order valence-electron chi connectivity index (χ4n) is 12.5. The number of rotatable bonds is 8. The van der Waals surface area contributed by atoms with Crippen LogP contribution >= 0.6 is 23.5 Å². The van der Waals surface area contributed by atoms with E-state index in [0.717, 1.165) is 51.9 Å². The summed E-state index contributed by atoms with van der Waals surface area (Å²) in [7, 11) is 0. The van der Waals surface area contributed by atoms with E-state index in [0.29, 0.717) is 0 Å². The van der Waals surface area contributed by atoms with Gasteiger partial charge in [0.2, 0.25) is 13.4 Å². The van der Waals surface area contributed by atoms with Gasteiger partial charge in [0, 0.05) is 82.9 Å². The Kier molecular flexibility index (Phi) is 10.4. The molecule has 0 fully saturated rings. The number of allylic oxidation sites excluding steroid dienone is 3. The van der Waals surface area contributed by atoms with Crippen LogP contribution in [0.15, 0.2) is 286 Å². The van der Waals surface area contributed by atoms with Crippen LogP contribution < -0.4 is 41.5 Å². The topological polar surface area (TPSA) is 13.0 Å². The first-order valence-corrected chi connectivity index (χ1v) is 27.2. The molecule has 8 heteroatoms. The van der Waals surface area contributed by atoms with Gasteiger partial charge in [-0.05, 0) is 154 Å². The van der Waals surface area contributed by atoms with Crippen molar-refractivity contribution in [3.63, 3.8) is 0 Å². The lowest BCUT2D eigenvalue weighted by Crippen LogP contribution is -2.57. The van der Waals surface area contributed by atoms with Crippen molar-refractivity contribution in [3.05, 3.63) is 276 Å². The Balaban J connectivity index is 0.946. The zero-order valence-corrected chi connectivity index (χ0v) is 42.0. The van der Waals surface area contributed by atoms with Crippen LogP contribution in [0.5, 0.6) is 0 Å². The molecule has 0 amide bonds. The quantitative estimate of drug-likeness (QED) is 0.140. The van der Waals surface area contributed by atoms with Crippen LogP contribution in [0.1, 0.15) is 6.42 Å².